The number of anilines is 3. The number of furan rings is 1. The van der Waals surface area contributed by atoms with Gasteiger partial charge in [-0.25, -0.2) is 0 Å². The predicted octanol–water partition coefficient (Wildman–Crippen LogP) is 16.5. The van der Waals surface area contributed by atoms with E-state index >= 15 is 0 Å². The van der Waals surface area contributed by atoms with Crippen molar-refractivity contribution in [1.82, 2.24) is 0 Å². The van der Waals surface area contributed by atoms with Gasteiger partial charge in [-0.3, -0.25) is 0 Å². The molecule has 0 fully saturated rings. The summed E-state index contributed by atoms with van der Waals surface area (Å²) in [6.45, 7) is 0. The minimum Gasteiger partial charge on any atom is -0.453 e. The van der Waals surface area contributed by atoms with Crippen molar-refractivity contribution in [3.05, 3.63) is 237 Å². The van der Waals surface area contributed by atoms with E-state index in [9.17, 15) is 0 Å². The number of fused-ring (bicyclic) bond motifs is 4. The summed E-state index contributed by atoms with van der Waals surface area (Å²) in [5, 5.41) is 4.63. The lowest BCUT2D eigenvalue weighted by molar-refractivity contribution is 0.670. The molecule has 0 radical (unpaired) electrons. The van der Waals surface area contributed by atoms with Gasteiger partial charge in [-0.1, -0.05) is 200 Å². The number of para-hydroxylation sites is 1. The standard InChI is InChI=1S/C58H39NO/c1-5-16-40(17-6-1)42-30-34-48(35-31-42)59(49-36-32-45(33-37-49)51-27-14-25-46-24-13-26-50(56(46)51)43-20-9-3-10-21-43)55-39-47(41-18-7-2-8-19-41)38-54-53-29-15-28-52(57(53)60-58(54)55)44-22-11-4-12-23-44/h1-39H. The first-order chi connectivity index (χ1) is 29.8. The van der Waals surface area contributed by atoms with E-state index < -0.39 is 0 Å². The van der Waals surface area contributed by atoms with Crippen LogP contribution >= 0.6 is 0 Å². The highest BCUT2D eigenvalue weighted by molar-refractivity contribution is 6.15. The van der Waals surface area contributed by atoms with Gasteiger partial charge in [0.2, 0.25) is 0 Å². The summed E-state index contributed by atoms with van der Waals surface area (Å²) < 4.78 is 7.13. The fourth-order valence-corrected chi connectivity index (χ4v) is 8.78. The van der Waals surface area contributed by atoms with Crippen molar-refractivity contribution in [2.24, 2.45) is 0 Å². The molecule has 0 amide bonds. The van der Waals surface area contributed by atoms with Crippen LogP contribution in [0.15, 0.2) is 241 Å². The summed E-state index contributed by atoms with van der Waals surface area (Å²) in [5.74, 6) is 0. The Morgan fingerprint density at radius 2 is 0.717 bits per heavy atom. The van der Waals surface area contributed by atoms with Gasteiger partial charge < -0.3 is 9.32 Å². The Hall–Kier alpha value is -7.94. The number of rotatable bonds is 8. The molecule has 0 unspecified atom stereocenters. The van der Waals surface area contributed by atoms with Crippen LogP contribution in [0, 0.1) is 0 Å². The van der Waals surface area contributed by atoms with E-state index in [1.165, 1.54) is 38.6 Å². The van der Waals surface area contributed by atoms with E-state index in [0.717, 1.165) is 66.8 Å². The number of hydrogen-bond acceptors (Lipinski definition) is 2. The smallest absolute Gasteiger partial charge is 0.159 e. The molecular formula is C58H39NO. The van der Waals surface area contributed by atoms with Crippen molar-refractivity contribution in [2.45, 2.75) is 0 Å². The Balaban J connectivity index is 1.13. The van der Waals surface area contributed by atoms with Gasteiger partial charge in [0, 0.05) is 27.7 Å². The molecule has 2 nitrogen and oxygen atoms in total. The van der Waals surface area contributed by atoms with Gasteiger partial charge in [0.25, 0.3) is 0 Å². The average molecular weight is 766 g/mol. The molecule has 1 heterocycles. The third-order valence-electron chi connectivity index (χ3n) is 11.7. The Labute approximate surface area is 349 Å². The minimum atomic E-state index is 0.839. The van der Waals surface area contributed by atoms with Gasteiger partial charge in [0.1, 0.15) is 5.58 Å². The highest BCUT2D eigenvalue weighted by atomic mass is 16.3. The van der Waals surface area contributed by atoms with Crippen molar-refractivity contribution in [3.8, 4) is 55.6 Å². The van der Waals surface area contributed by atoms with Crippen LogP contribution in [0.25, 0.3) is 88.3 Å². The highest BCUT2D eigenvalue weighted by Crippen LogP contribution is 2.47. The third kappa shape index (κ3) is 6.32. The topological polar surface area (TPSA) is 16.4 Å². The third-order valence-corrected chi connectivity index (χ3v) is 11.7. The van der Waals surface area contributed by atoms with E-state index in [-0.39, 0.29) is 0 Å². The molecule has 2 heteroatoms. The van der Waals surface area contributed by atoms with Gasteiger partial charge >= 0.3 is 0 Å². The zero-order chi connectivity index (χ0) is 39.8. The van der Waals surface area contributed by atoms with Crippen LogP contribution in [0.1, 0.15) is 0 Å². The Morgan fingerprint density at radius 3 is 1.28 bits per heavy atom. The van der Waals surface area contributed by atoms with Gasteiger partial charge in [-0.15, -0.1) is 0 Å². The van der Waals surface area contributed by atoms with Crippen LogP contribution in [0.5, 0.6) is 0 Å². The first-order valence-corrected chi connectivity index (χ1v) is 20.5. The lowest BCUT2D eigenvalue weighted by Crippen LogP contribution is -2.10. The zero-order valence-corrected chi connectivity index (χ0v) is 32.9. The highest BCUT2D eigenvalue weighted by Gasteiger charge is 2.23. The fourth-order valence-electron chi connectivity index (χ4n) is 8.78. The molecule has 0 aliphatic carbocycles. The maximum absolute atomic E-state index is 7.13. The monoisotopic (exact) mass is 765 g/mol. The van der Waals surface area contributed by atoms with Crippen molar-refractivity contribution in [1.29, 1.82) is 0 Å². The summed E-state index contributed by atoms with van der Waals surface area (Å²) in [7, 11) is 0. The van der Waals surface area contributed by atoms with Crippen molar-refractivity contribution in [3.63, 3.8) is 0 Å². The normalized spacial score (nSPS) is 11.3. The average Bonchev–Trinajstić information content (AvgIpc) is 3.72. The quantitative estimate of drug-likeness (QED) is 0.153. The molecule has 282 valence electrons. The molecule has 0 bridgehead atoms. The van der Waals surface area contributed by atoms with Crippen LogP contribution in [0.3, 0.4) is 0 Å². The van der Waals surface area contributed by atoms with Crippen LogP contribution in [-0.4, -0.2) is 0 Å². The lowest BCUT2D eigenvalue weighted by atomic mass is 9.91. The first kappa shape index (κ1) is 35.2. The van der Waals surface area contributed by atoms with E-state index in [0.29, 0.717) is 0 Å². The second-order valence-electron chi connectivity index (χ2n) is 15.3. The Morgan fingerprint density at radius 1 is 0.283 bits per heavy atom. The molecule has 0 aliphatic heterocycles. The van der Waals surface area contributed by atoms with Crippen LogP contribution in [-0.2, 0) is 0 Å². The molecule has 11 rings (SSSR count). The summed E-state index contributed by atoms with van der Waals surface area (Å²) in [5.41, 5.74) is 16.4. The van der Waals surface area contributed by atoms with Gasteiger partial charge in [0.15, 0.2) is 5.58 Å². The summed E-state index contributed by atoms with van der Waals surface area (Å²) in [6, 6.07) is 84.7. The Kier molecular flexibility index (Phi) is 8.87. The molecule has 60 heavy (non-hydrogen) atoms. The number of nitrogens with zero attached hydrogens (tertiary/aromatic N) is 1. The van der Waals surface area contributed by atoms with Crippen molar-refractivity contribution in [2.75, 3.05) is 4.90 Å². The van der Waals surface area contributed by atoms with Crippen LogP contribution < -0.4 is 4.90 Å². The summed E-state index contributed by atoms with van der Waals surface area (Å²) >= 11 is 0. The second kappa shape index (κ2) is 15.1. The lowest BCUT2D eigenvalue weighted by Gasteiger charge is -2.27. The number of hydrogen-bond donors (Lipinski definition) is 0. The van der Waals surface area contributed by atoms with E-state index in [1.54, 1.807) is 0 Å². The van der Waals surface area contributed by atoms with Gasteiger partial charge in [0.05, 0.1) is 5.69 Å². The first-order valence-electron chi connectivity index (χ1n) is 20.5. The van der Waals surface area contributed by atoms with Crippen LogP contribution in [0.2, 0.25) is 0 Å². The second-order valence-corrected chi connectivity index (χ2v) is 15.3. The van der Waals surface area contributed by atoms with Crippen molar-refractivity contribution < 1.29 is 4.42 Å². The molecule has 10 aromatic carbocycles. The summed E-state index contributed by atoms with van der Waals surface area (Å²) in [4.78, 5) is 2.36. The molecule has 1 aromatic heterocycles. The Bertz CT molecular complexity index is 3260. The molecule has 0 saturated heterocycles. The van der Waals surface area contributed by atoms with Gasteiger partial charge in [-0.2, -0.15) is 0 Å². The van der Waals surface area contributed by atoms with Crippen LogP contribution in [0.4, 0.5) is 17.1 Å². The largest absolute Gasteiger partial charge is 0.453 e. The molecule has 0 aliphatic rings. The number of benzene rings is 10. The van der Waals surface area contributed by atoms with Gasteiger partial charge in [-0.05, 0) is 97.2 Å². The molecular weight excluding hydrogens is 727 g/mol. The van der Waals surface area contributed by atoms with E-state index in [2.05, 4.69) is 241 Å². The fraction of sp³-hybridized carbons (Fsp3) is 0. The van der Waals surface area contributed by atoms with E-state index in [4.69, 9.17) is 4.42 Å². The van der Waals surface area contributed by atoms with Crippen molar-refractivity contribution >= 4 is 49.8 Å². The SMILES string of the molecule is c1ccc(-c2ccc(N(c3ccc(-c4cccc5cccc(-c6ccccc6)c45)cc3)c3cc(-c4ccccc4)cc4c3oc3c(-c5ccccc5)cccc34)cc2)cc1. The molecule has 0 atom stereocenters. The molecule has 0 spiro atoms. The maximum Gasteiger partial charge on any atom is 0.159 e. The molecule has 0 saturated carbocycles. The zero-order valence-electron chi connectivity index (χ0n) is 32.9. The summed E-state index contributed by atoms with van der Waals surface area (Å²) in [6.07, 6.45) is 0. The maximum atomic E-state index is 7.13. The molecule has 11 aromatic rings. The minimum absolute atomic E-state index is 0.839. The molecule has 0 N–H and O–H groups in total. The predicted molar refractivity (Wildman–Crippen MR) is 253 cm³/mol. The van der Waals surface area contributed by atoms with E-state index in [1.807, 2.05) is 0 Å².